The molecule has 2 N–H and O–H groups in total. The Bertz CT molecular complexity index is 1310. The molecule has 7 nitrogen and oxygen atoms in total. The topological polar surface area (TPSA) is 88.6 Å². The van der Waals surface area contributed by atoms with Crippen LogP contribution in [0.4, 0.5) is 4.39 Å². The van der Waals surface area contributed by atoms with Crippen molar-refractivity contribution in [3.05, 3.63) is 82.6 Å². The first-order chi connectivity index (χ1) is 17.0. The van der Waals surface area contributed by atoms with E-state index >= 15 is 0 Å². The van der Waals surface area contributed by atoms with Crippen LogP contribution in [0.1, 0.15) is 18.1 Å². The molecular formula is C25H22ClFN4O3S. The molecule has 0 aliphatic rings. The van der Waals surface area contributed by atoms with Gasteiger partial charge in [-0.2, -0.15) is 5.10 Å². The summed E-state index contributed by atoms with van der Waals surface area (Å²) in [5, 5.41) is 4.97. The molecule has 0 atom stereocenters. The SMILES string of the molecule is CCOc1cc(/C=N/NC(=O)CSc2nc3ccccc3[nH]2)ccc1OCc1c(F)cccc1Cl. The number of carbonyl (C=O) groups is 1. The van der Waals surface area contributed by atoms with Crippen molar-refractivity contribution in [1.82, 2.24) is 15.4 Å². The summed E-state index contributed by atoms with van der Waals surface area (Å²) >= 11 is 7.36. The van der Waals surface area contributed by atoms with E-state index in [4.69, 9.17) is 21.1 Å². The van der Waals surface area contributed by atoms with Gasteiger partial charge in [0.25, 0.3) is 5.91 Å². The van der Waals surface area contributed by atoms with Gasteiger partial charge in [0.15, 0.2) is 16.7 Å². The predicted octanol–water partition coefficient (Wildman–Crippen LogP) is 5.58. The summed E-state index contributed by atoms with van der Waals surface area (Å²) in [6, 6.07) is 17.3. The van der Waals surface area contributed by atoms with Gasteiger partial charge in [-0.3, -0.25) is 4.79 Å². The molecule has 10 heteroatoms. The number of thioether (sulfide) groups is 1. The molecule has 4 aromatic rings. The van der Waals surface area contributed by atoms with Crippen LogP contribution in [0.5, 0.6) is 11.5 Å². The third kappa shape index (κ3) is 6.52. The highest BCUT2D eigenvalue weighted by atomic mass is 35.5. The molecule has 4 rings (SSSR count). The molecule has 1 heterocycles. The number of ether oxygens (including phenoxy) is 2. The van der Waals surface area contributed by atoms with Crippen molar-refractivity contribution in [3.8, 4) is 11.5 Å². The van der Waals surface area contributed by atoms with Gasteiger partial charge >= 0.3 is 0 Å². The summed E-state index contributed by atoms with van der Waals surface area (Å²) in [6.07, 6.45) is 1.50. The second kappa shape index (κ2) is 11.7. The van der Waals surface area contributed by atoms with Crippen LogP contribution in [-0.4, -0.2) is 34.4 Å². The Morgan fingerprint density at radius 3 is 2.83 bits per heavy atom. The summed E-state index contributed by atoms with van der Waals surface area (Å²) in [5.74, 6) is 0.365. The highest BCUT2D eigenvalue weighted by Crippen LogP contribution is 2.30. The van der Waals surface area contributed by atoms with Gasteiger partial charge in [0.1, 0.15) is 12.4 Å². The Labute approximate surface area is 210 Å². The van der Waals surface area contributed by atoms with Crippen molar-refractivity contribution in [1.29, 1.82) is 0 Å². The fourth-order valence-corrected chi connectivity index (χ4v) is 4.05. The summed E-state index contributed by atoms with van der Waals surface area (Å²) in [4.78, 5) is 19.7. The minimum atomic E-state index is -0.437. The molecule has 0 aliphatic heterocycles. The second-order valence-electron chi connectivity index (χ2n) is 7.27. The fourth-order valence-electron chi connectivity index (χ4n) is 3.16. The molecule has 0 saturated carbocycles. The molecule has 0 fully saturated rings. The van der Waals surface area contributed by atoms with Crippen LogP contribution in [-0.2, 0) is 11.4 Å². The lowest BCUT2D eigenvalue weighted by Crippen LogP contribution is -2.19. The van der Waals surface area contributed by atoms with E-state index in [9.17, 15) is 9.18 Å². The number of carbonyl (C=O) groups excluding carboxylic acids is 1. The Balaban J connectivity index is 1.33. The van der Waals surface area contributed by atoms with E-state index in [0.29, 0.717) is 33.8 Å². The van der Waals surface area contributed by atoms with Gasteiger partial charge in [0.2, 0.25) is 0 Å². The number of nitrogens with zero attached hydrogens (tertiary/aromatic N) is 2. The van der Waals surface area contributed by atoms with E-state index in [0.717, 1.165) is 11.0 Å². The number of H-pyrrole nitrogens is 1. The van der Waals surface area contributed by atoms with Crippen LogP contribution < -0.4 is 14.9 Å². The van der Waals surface area contributed by atoms with E-state index in [2.05, 4.69) is 20.5 Å². The van der Waals surface area contributed by atoms with Gasteiger partial charge in [-0.25, -0.2) is 14.8 Å². The fraction of sp³-hybridized carbons (Fsp3) is 0.160. The maximum atomic E-state index is 14.0. The molecule has 0 spiro atoms. The van der Waals surface area contributed by atoms with E-state index in [1.54, 1.807) is 24.3 Å². The number of fused-ring (bicyclic) bond motifs is 1. The minimum absolute atomic E-state index is 0.0437. The first-order valence-corrected chi connectivity index (χ1v) is 12.1. The third-order valence-corrected chi connectivity index (χ3v) is 6.04. The Morgan fingerprint density at radius 1 is 1.17 bits per heavy atom. The number of amides is 1. The van der Waals surface area contributed by atoms with Gasteiger partial charge in [-0.15, -0.1) is 0 Å². The molecule has 35 heavy (non-hydrogen) atoms. The predicted molar refractivity (Wildman–Crippen MR) is 136 cm³/mol. The summed E-state index contributed by atoms with van der Waals surface area (Å²) in [5.41, 5.74) is 5.23. The largest absolute Gasteiger partial charge is 0.490 e. The molecule has 0 saturated heterocycles. The minimum Gasteiger partial charge on any atom is -0.490 e. The maximum absolute atomic E-state index is 14.0. The van der Waals surface area contributed by atoms with Crippen LogP contribution in [0.15, 0.2) is 70.9 Å². The number of halogens is 2. The molecule has 180 valence electrons. The normalized spacial score (nSPS) is 11.2. The molecule has 0 radical (unpaired) electrons. The molecule has 0 unspecified atom stereocenters. The lowest BCUT2D eigenvalue weighted by molar-refractivity contribution is -0.118. The van der Waals surface area contributed by atoms with Crippen molar-refractivity contribution in [2.45, 2.75) is 18.7 Å². The smallest absolute Gasteiger partial charge is 0.250 e. The van der Waals surface area contributed by atoms with Crippen molar-refractivity contribution in [2.75, 3.05) is 12.4 Å². The quantitative estimate of drug-likeness (QED) is 0.165. The molecule has 0 aliphatic carbocycles. The Morgan fingerprint density at radius 2 is 2.03 bits per heavy atom. The molecule has 3 aromatic carbocycles. The zero-order valence-corrected chi connectivity index (χ0v) is 20.3. The molecule has 0 bridgehead atoms. The number of nitrogens with one attached hydrogen (secondary N) is 2. The number of hydrogen-bond donors (Lipinski definition) is 2. The van der Waals surface area contributed by atoms with Crippen LogP contribution in [0, 0.1) is 5.82 Å². The number of hydrogen-bond acceptors (Lipinski definition) is 6. The summed E-state index contributed by atoms with van der Waals surface area (Å²) in [6.45, 7) is 2.21. The average Bonchev–Trinajstić information content (AvgIpc) is 3.27. The number of rotatable bonds is 10. The van der Waals surface area contributed by atoms with E-state index in [1.807, 2.05) is 31.2 Å². The second-order valence-corrected chi connectivity index (χ2v) is 8.64. The van der Waals surface area contributed by atoms with Gasteiger partial charge in [0.05, 0.1) is 34.6 Å². The van der Waals surface area contributed by atoms with Crippen LogP contribution >= 0.6 is 23.4 Å². The van der Waals surface area contributed by atoms with Crippen molar-refractivity contribution >= 4 is 46.5 Å². The van der Waals surface area contributed by atoms with Crippen molar-refractivity contribution in [3.63, 3.8) is 0 Å². The standard InChI is InChI=1S/C25H22ClFN4O3S/c1-2-33-23-12-16(10-11-22(23)34-14-17-18(26)6-5-7-19(17)27)13-28-31-24(32)15-35-25-29-20-8-3-4-9-21(20)30-25/h3-13H,2,14-15H2,1H3,(H,29,30)(H,31,32)/b28-13+. The molecule has 1 aromatic heterocycles. The lowest BCUT2D eigenvalue weighted by atomic mass is 10.2. The number of benzene rings is 3. The Kier molecular flexibility index (Phi) is 8.23. The molecular weight excluding hydrogens is 491 g/mol. The van der Waals surface area contributed by atoms with Gasteiger partial charge < -0.3 is 14.5 Å². The lowest BCUT2D eigenvalue weighted by Gasteiger charge is -2.13. The number of hydrazone groups is 1. The average molecular weight is 513 g/mol. The van der Waals surface area contributed by atoms with Gasteiger partial charge in [0, 0.05) is 5.56 Å². The number of imidazole rings is 1. The number of para-hydroxylation sites is 2. The van der Waals surface area contributed by atoms with E-state index in [-0.39, 0.29) is 23.8 Å². The van der Waals surface area contributed by atoms with Crippen molar-refractivity contribution < 1.29 is 18.7 Å². The highest BCUT2D eigenvalue weighted by molar-refractivity contribution is 7.99. The van der Waals surface area contributed by atoms with Gasteiger partial charge in [-0.05, 0) is 55.0 Å². The Hall–Kier alpha value is -3.56. The summed E-state index contributed by atoms with van der Waals surface area (Å²) < 4.78 is 25.4. The third-order valence-electron chi connectivity index (χ3n) is 4.81. The molecule has 1 amide bonds. The van der Waals surface area contributed by atoms with E-state index in [1.165, 1.54) is 30.1 Å². The maximum Gasteiger partial charge on any atom is 0.250 e. The van der Waals surface area contributed by atoms with Crippen LogP contribution in [0.2, 0.25) is 5.02 Å². The van der Waals surface area contributed by atoms with Crippen LogP contribution in [0.3, 0.4) is 0 Å². The first kappa shape index (κ1) is 24.6. The van der Waals surface area contributed by atoms with Crippen LogP contribution in [0.25, 0.3) is 11.0 Å². The van der Waals surface area contributed by atoms with Gasteiger partial charge in [-0.1, -0.05) is 41.6 Å². The van der Waals surface area contributed by atoms with Crippen molar-refractivity contribution in [2.24, 2.45) is 5.10 Å². The summed E-state index contributed by atoms with van der Waals surface area (Å²) in [7, 11) is 0. The monoisotopic (exact) mass is 512 g/mol. The zero-order valence-electron chi connectivity index (χ0n) is 18.8. The van der Waals surface area contributed by atoms with E-state index < -0.39 is 5.82 Å². The first-order valence-electron chi connectivity index (χ1n) is 10.8. The highest BCUT2D eigenvalue weighted by Gasteiger charge is 2.11. The zero-order chi connectivity index (χ0) is 24.6. The number of aromatic amines is 1. The number of aromatic nitrogens is 2.